The average molecular weight is 198 g/mol. The van der Waals surface area contributed by atoms with Crippen LogP contribution in [0.15, 0.2) is 12.7 Å². The molecular formula is C10H14O4. The average Bonchev–Trinajstić information content (AvgIpc) is 2.20. The summed E-state index contributed by atoms with van der Waals surface area (Å²) >= 11 is 0. The maximum Gasteiger partial charge on any atom is 0.330 e. The summed E-state index contributed by atoms with van der Waals surface area (Å²) in [5.41, 5.74) is 0. The van der Waals surface area contributed by atoms with Crippen LogP contribution in [-0.2, 0) is 19.1 Å². The molecule has 2 atom stereocenters. The largest absolute Gasteiger partial charge is 0.458 e. The molecule has 0 aromatic rings. The summed E-state index contributed by atoms with van der Waals surface area (Å²) in [5, 5.41) is 0. The van der Waals surface area contributed by atoms with E-state index in [-0.39, 0.29) is 18.2 Å². The molecule has 4 heteroatoms. The van der Waals surface area contributed by atoms with Gasteiger partial charge in [0.15, 0.2) is 0 Å². The lowest BCUT2D eigenvalue weighted by Crippen LogP contribution is -2.39. The first kappa shape index (κ1) is 10.8. The molecule has 2 unspecified atom stereocenters. The highest BCUT2D eigenvalue weighted by atomic mass is 16.6. The van der Waals surface area contributed by atoms with E-state index in [1.54, 1.807) is 0 Å². The zero-order valence-electron chi connectivity index (χ0n) is 8.19. The molecule has 0 N–H and O–H groups in total. The summed E-state index contributed by atoms with van der Waals surface area (Å²) in [4.78, 5) is 21.9. The molecule has 1 aliphatic rings. The van der Waals surface area contributed by atoms with Gasteiger partial charge in [-0.1, -0.05) is 13.5 Å². The second-order valence-electron chi connectivity index (χ2n) is 3.15. The lowest BCUT2D eigenvalue weighted by atomic mass is 10.0. The Kier molecular flexibility index (Phi) is 3.68. The van der Waals surface area contributed by atoms with E-state index in [1.807, 2.05) is 6.92 Å². The molecule has 0 amide bonds. The number of carbonyl (C=O) groups excluding carboxylic acids is 2. The topological polar surface area (TPSA) is 52.6 Å². The monoisotopic (exact) mass is 198 g/mol. The van der Waals surface area contributed by atoms with Crippen LogP contribution in [0, 0.1) is 0 Å². The minimum atomic E-state index is -0.466. The van der Waals surface area contributed by atoms with Crippen LogP contribution in [0.1, 0.15) is 26.2 Å². The van der Waals surface area contributed by atoms with Gasteiger partial charge in [-0.25, -0.2) is 4.79 Å². The molecule has 1 fully saturated rings. The number of esters is 2. The van der Waals surface area contributed by atoms with Crippen molar-refractivity contribution in [3.05, 3.63) is 12.7 Å². The molecular weight excluding hydrogens is 184 g/mol. The second kappa shape index (κ2) is 4.79. The molecule has 1 saturated heterocycles. The molecule has 0 saturated carbocycles. The molecule has 14 heavy (non-hydrogen) atoms. The Morgan fingerprint density at radius 3 is 3.07 bits per heavy atom. The predicted octanol–water partition coefficient (Wildman–Crippen LogP) is 1.20. The van der Waals surface area contributed by atoms with Gasteiger partial charge in [0, 0.05) is 12.5 Å². The maximum absolute atomic E-state index is 11.0. The summed E-state index contributed by atoms with van der Waals surface area (Å²) in [6, 6.07) is 0. The van der Waals surface area contributed by atoms with Crippen molar-refractivity contribution in [2.45, 2.75) is 38.4 Å². The second-order valence-corrected chi connectivity index (χ2v) is 3.15. The lowest BCUT2D eigenvalue weighted by Gasteiger charge is -2.29. The van der Waals surface area contributed by atoms with Crippen molar-refractivity contribution in [2.75, 3.05) is 0 Å². The first-order valence-electron chi connectivity index (χ1n) is 4.70. The van der Waals surface area contributed by atoms with Crippen LogP contribution in [-0.4, -0.2) is 24.1 Å². The fraction of sp³-hybridized carbons (Fsp3) is 0.600. The molecule has 0 bridgehead atoms. The number of hydrogen-bond acceptors (Lipinski definition) is 4. The SMILES string of the molecule is C=CC(=O)OC1CCC(=O)OC1CC. The summed E-state index contributed by atoms with van der Waals surface area (Å²) in [6.07, 6.45) is 2.00. The van der Waals surface area contributed by atoms with Gasteiger partial charge < -0.3 is 9.47 Å². The van der Waals surface area contributed by atoms with Crippen LogP contribution >= 0.6 is 0 Å². The Balaban J connectivity index is 2.54. The van der Waals surface area contributed by atoms with Gasteiger partial charge in [-0.3, -0.25) is 4.79 Å². The van der Waals surface area contributed by atoms with Gasteiger partial charge in [-0.2, -0.15) is 0 Å². The maximum atomic E-state index is 11.0. The van der Waals surface area contributed by atoms with E-state index in [0.717, 1.165) is 6.08 Å². The van der Waals surface area contributed by atoms with Crippen molar-refractivity contribution in [3.63, 3.8) is 0 Å². The first-order valence-corrected chi connectivity index (χ1v) is 4.70. The standard InChI is InChI=1S/C10H14O4/c1-3-7-8(14-9(11)4-2)5-6-10(12)13-7/h4,7-8H,2-3,5-6H2,1H3. The molecule has 1 heterocycles. The van der Waals surface area contributed by atoms with Gasteiger partial charge in [0.2, 0.25) is 0 Å². The zero-order chi connectivity index (χ0) is 10.6. The fourth-order valence-corrected chi connectivity index (χ4v) is 1.43. The van der Waals surface area contributed by atoms with Crippen LogP contribution in [0.2, 0.25) is 0 Å². The highest BCUT2D eigenvalue weighted by Crippen LogP contribution is 2.20. The quantitative estimate of drug-likeness (QED) is 0.505. The van der Waals surface area contributed by atoms with Crippen LogP contribution < -0.4 is 0 Å². The lowest BCUT2D eigenvalue weighted by molar-refractivity contribution is -0.174. The van der Waals surface area contributed by atoms with Crippen molar-refractivity contribution < 1.29 is 19.1 Å². The Bertz CT molecular complexity index is 247. The van der Waals surface area contributed by atoms with Crippen molar-refractivity contribution in [3.8, 4) is 0 Å². The van der Waals surface area contributed by atoms with Gasteiger partial charge in [0.25, 0.3) is 0 Å². The van der Waals surface area contributed by atoms with Gasteiger partial charge in [-0.05, 0) is 12.8 Å². The Morgan fingerprint density at radius 2 is 2.50 bits per heavy atom. The summed E-state index contributed by atoms with van der Waals surface area (Å²) in [6.45, 7) is 5.20. The Hall–Kier alpha value is -1.32. The minimum Gasteiger partial charge on any atom is -0.458 e. The predicted molar refractivity (Wildman–Crippen MR) is 49.5 cm³/mol. The highest BCUT2D eigenvalue weighted by molar-refractivity contribution is 5.81. The van der Waals surface area contributed by atoms with E-state index in [2.05, 4.69) is 6.58 Å². The molecule has 0 spiro atoms. The normalized spacial score (nSPS) is 26.5. The van der Waals surface area contributed by atoms with Crippen molar-refractivity contribution in [1.82, 2.24) is 0 Å². The number of rotatable bonds is 3. The van der Waals surface area contributed by atoms with Crippen LogP contribution in [0.5, 0.6) is 0 Å². The van der Waals surface area contributed by atoms with Gasteiger partial charge in [0.1, 0.15) is 12.2 Å². The van der Waals surface area contributed by atoms with Crippen LogP contribution in [0.25, 0.3) is 0 Å². The first-order chi connectivity index (χ1) is 6.67. The van der Waals surface area contributed by atoms with Crippen LogP contribution in [0.3, 0.4) is 0 Å². The third kappa shape index (κ3) is 2.58. The summed E-state index contributed by atoms with van der Waals surface area (Å²) in [5.74, 6) is -0.686. The Morgan fingerprint density at radius 1 is 1.79 bits per heavy atom. The van der Waals surface area contributed by atoms with Crippen molar-refractivity contribution in [2.24, 2.45) is 0 Å². The van der Waals surface area contributed by atoms with Crippen LogP contribution in [0.4, 0.5) is 0 Å². The van der Waals surface area contributed by atoms with Gasteiger partial charge in [0.05, 0.1) is 0 Å². The van der Waals surface area contributed by atoms with Crippen molar-refractivity contribution >= 4 is 11.9 Å². The molecule has 0 aromatic heterocycles. The van der Waals surface area contributed by atoms with Gasteiger partial charge in [-0.15, -0.1) is 0 Å². The number of ether oxygens (including phenoxy) is 2. The van der Waals surface area contributed by atoms with E-state index in [1.165, 1.54) is 0 Å². The smallest absolute Gasteiger partial charge is 0.330 e. The van der Waals surface area contributed by atoms with E-state index in [9.17, 15) is 9.59 Å². The van der Waals surface area contributed by atoms with E-state index in [0.29, 0.717) is 19.3 Å². The summed E-state index contributed by atoms with van der Waals surface area (Å²) < 4.78 is 10.1. The fourth-order valence-electron chi connectivity index (χ4n) is 1.43. The highest BCUT2D eigenvalue weighted by Gasteiger charge is 2.31. The molecule has 0 radical (unpaired) electrons. The third-order valence-electron chi connectivity index (χ3n) is 2.17. The zero-order valence-corrected chi connectivity index (χ0v) is 8.19. The molecule has 0 aromatic carbocycles. The van der Waals surface area contributed by atoms with E-state index >= 15 is 0 Å². The molecule has 1 aliphatic heterocycles. The molecule has 4 nitrogen and oxygen atoms in total. The van der Waals surface area contributed by atoms with Crippen molar-refractivity contribution in [1.29, 1.82) is 0 Å². The number of carbonyl (C=O) groups is 2. The third-order valence-corrected chi connectivity index (χ3v) is 2.17. The van der Waals surface area contributed by atoms with E-state index < -0.39 is 5.97 Å². The minimum absolute atomic E-state index is 0.220. The summed E-state index contributed by atoms with van der Waals surface area (Å²) in [7, 11) is 0. The number of hydrogen-bond donors (Lipinski definition) is 0. The van der Waals surface area contributed by atoms with E-state index in [4.69, 9.17) is 9.47 Å². The molecule has 1 rings (SSSR count). The molecule has 0 aliphatic carbocycles. The van der Waals surface area contributed by atoms with Gasteiger partial charge >= 0.3 is 11.9 Å². The number of cyclic esters (lactones) is 1. The Labute approximate surface area is 82.9 Å². The molecule has 78 valence electrons.